The molecule has 1 aliphatic heterocycles. The van der Waals surface area contributed by atoms with Crippen LogP contribution >= 0.6 is 11.8 Å². The Labute approximate surface area is 129 Å². The summed E-state index contributed by atoms with van der Waals surface area (Å²) in [4.78, 5) is 24.3. The van der Waals surface area contributed by atoms with Crippen molar-refractivity contribution < 1.29 is 4.79 Å². The van der Waals surface area contributed by atoms with E-state index in [0.717, 1.165) is 43.0 Å². The van der Waals surface area contributed by atoms with Crippen molar-refractivity contribution >= 4 is 17.7 Å². The number of amides is 1. The van der Waals surface area contributed by atoms with Crippen molar-refractivity contribution in [3.05, 3.63) is 16.3 Å². The zero-order valence-electron chi connectivity index (χ0n) is 12.8. The first-order valence-corrected chi connectivity index (χ1v) is 8.84. The second-order valence-corrected chi connectivity index (χ2v) is 6.48. The fraction of sp³-hybridized carbons (Fsp3) is 0.786. The molecule has 0 aliphatic carbocycles. The molecule has 1 atom stereocenters. The van der Waals surface area contributed by atoms with E-state index < -0.39 is 0 Å². The highest BCUT2D eigenvalue weighted by atomic mass is 32.2. The van der Waals surface area contributed by atoms with Gasteiger partial charge in [-0.1, -0.05) is 13.3 Å². The van der Waals surface area contributed by atoms with Crippen LogP contribution in [0.4, 0.5) is 0 Å². The third-order valence-electron chi connectivity index (χ3n) is 3.66. The Kier molecular flexibility index (Phi) is 5.90. The van der Waals surface area contributed by atoms with Gasteiger partial charge >= 0.3 is 5.69 Å². The number of nitrogens with one attached hydrogen (secondary N) is 1. The fourth-order valence-electron chi connectivity index (χ4n) is 2.48. The Morgan fingerprint density at radius 3 is 2.90 bits per heavy atom. The SMILES string of the molecule is CCCCc1nn(CC(=O)N[C@H]2CCSC2)c(=O)n1CC. The normalized spacial score (nSPS) is 18.1. The van der Waals surface area contributed by atoms with E-state index in [9.17, 15) is 9.59 Å². The van der Waals surface area contributed by atoms with Gasteiger partial charge in [-0.3, -0.25) is 9.36 Å². The molecule has 1 aliphatic rings. The van der Waals surface area contributed by atoms with Crippen molar-refractivity contribution in [3.8, 4) is 0 Å². The van der Waals surface area contributed by atoms with Crippen molar-refractivity contribution in [2.75, 3.05) is 11.5 Å². The Balaban J connectivity index is 2.03. The van der Waals surface area contributed by atoms with Gasteiger partial charge in [-0.25, -0.2) is 9.48 Å². The molecule has 1 saturated heterocycles. The Bertz CT molecular complexity index is 532. The van der Waals surface area contributed by atoms with E-state index in [1.807, 2.05) is 18.7 Å². The molecular formula is C14H24N4O2S. The summed E-state index contributed by atoms with van der Waals surface area (Å²) >= 11 is 1.85. The quantitative estimate of drug-likeness (QED) is 0.816. The summed E-state index contributed by atoms with van der Waals surface area (Å²) in [5, 5.41) is 7.31. The van der Waals surface area contributed by atoms with E-state index in [0.29, 0.717) is 6.54 Å². The number of carbonyl (C=O) groups excluding carboxylic acids is 1. The summed E-state index contributed by atoms with van der Waals surface area (Å²) in [7, 11) is 0. The van der Waals surface area contributed by atoms with E-state index in [2.05, 4.69) is 17.3 Å². The molecule has 1 fully saturated rings. The number of unbranched alkanes of at least 4 members (excludes halogenated alkanes) is 1. The van der Waals surface area contributed by atoms with Crippen molar-refractivity contribution in [1.29, 1.82) is 0 Å². The van der Waals surface area contributed by atoms with E-state index in [1.54, 1.807) is 4.57 Å². The first kappa shape index (κ1) is 16.1. The number of nitrogens with zero attached hydrogens (tertiary/aromatic N) is 3. The summed E-state index contributed by atoms with van der Waals surface area (Å²) in [6, 6.07) is 0.242. The minimum absolute atomic E-state index is 0.0200. The number of hydrogen-bond acceptors (Lipinski definition) is 4. The lowest BCUT2D eigenvalue weighted by molar-refractivity contribution is -0.122. The van der Waals surface area contributed by atoms with Crippen molar-refractivity contribution in [2.45, 2.75) is 58.7 Å². The lowest BCUT2D eigenvalue weighted by Crippen LogP contribution is -2.39. The molecule has 0 radical (unpaired) electrons. The average Bonchev–Trinajstić information content (AvgIpc) is 3.05. The van der Waals surface area contributed by atoms with Gasteiger partial charge in [-0.05, 0) is 25.5 Å². The lowest BCUT2D eigenvalue weighted by Gasteiger charge is -2.10. The van der Waals surface area contributed by atoms with Gasteiger partial charge in [0, 0.05) is 24.8 Å². The average molecular weight is 312 g/mol. The van der Waals surface area contributed by atoms with E-state index in [4.69, 9.17) is 0 Å². The monoisotopic (exact) mass is 312 g/mol. The first-order chi connectivity index (χ1) is 10.2. The highest BCUT2D eigenvalue weighted by Gasteiger charge is 2.19. The third-order valence-corrected chi connectivity index (χ3v) is 4.82. The molecule has 0 spiro atoms. The maximum atomic E-state index is 12.2. The summed E-state index contributed by atoms with van der Waals surface area (Å²) in [5.74, 6) is 2.73. The molecular weight excluding hydrogens is 288 g/mol. The van der Waals surface area contributed by atoms with Crippen molar-refractivity contribution in [1.82, 2.24) is 19.7 Å². The molecule has 1 amide bonds. The summed E-state index contributed by atoms with van der Waals surface area (Å²) in [6.45, 7) is 4.65. The summed E-state index contributed by atoms with van der Waals surface area (Å²) < 4.78 is 2.96. The van der Waals surface area contributed by atoms with Gasteiger partial charge < -0.3 is 5.32 Å². The Hall–Kier alpha value is -1.24. The zero-order valence-corrected chi connectivity index (χ0v) is 13.6. The second-order valence-electron chi connectivity index (χ2n) is 5.33. The molecule has 0 aromatic carbocycles. The minimum Gasteiger partial charge on any atom is -0.351 e. The van der Waals surface area contributed by atoms with Gasteiger partial charge in [0.1, 0.15) is 12.4 Å². The highest BCUT2D eigenvalue weighted by Crippen LogP contribution is 2.16. The summed E-state index contributed by atoms with van der Waals surface area (Å²) in [5.41, 5.74) is -0.181. The number of hydrogen-bond donors (Lipinski definition) is 1. The molecule has 118 valence electrons. The van der Waals surface area contributed by atoms with Crippen LogP contribution in [0.2, 0.25) is 0 Å². The molecule has 1 N–H and O–H groups in total. The van der Waals surface area contributed by atoms with Crippen LogP contribution in [0.5, 0.6) is 0 Å². The first-order valence-electron chi connectivity index (χ1n) is 7.69. The standard InChI is InChI=1S/C14H24N4O2S/c1-3-5-6-12-16-18(14(20)17(12)4-2)9-13(19)15-11-7-8-21-10-11/h11H,3-10H2,1-2H3,(H,15,19)/t11-/m0/s1. The third kappa shape index (κ3) is 4.12. The molecule has 21 heavy (non-hydrogen) atoms. The maximum Gasteiger partial charge on any atom is 0.346 e. The highest BCUT2D eigenvalue weighted by molar-refractivity contribution is 7.99. The van der Waals surface area contributed by atoms with Gasteiger partial charge in [0.15, 0.2) is 0 Å². The van der Waals surface area contributed by atoms with Gasteiger partial charge in [0.25, 0.3) is 0 Å². The van der Waals surface area contributed by atoms with Gasteiger partial charge in [0.2, 0.25) is 5.91 Å². The number of rotatable bonds is 7. The Morgan fingerprint density at radius 1 is 1.48 bits per heavy atom. The van der Waals surface area contributed by atoms with E-state index in [-0.39, 0.29) is 24.2 Å². The molecule has 1 aromatic heterocycles. The van der Waals surface area contributed by atoms with Crippen molar-refractivity contribution in [2.24, 2.45) is 0 Å². The van der Waals surface area contributed by atoms with Crippen LogP contribution in [0.15, 0.2) is 4.79 Å². The zero-order chi connectivity index (χ0) is 15.2. The van der Waals surface area contributed by atoms with Gasteiger partial charge in [0.05, 0.1) is 0 Å². The summed E-state index contributed by atoms with van der Waals surface area (Å²) in [6.07, 6.45) is 3.86. The fourth-order valence-corrected chi connectivity index (χ4v) is 3.64. The van der Waals surface area contributed by atoms with Crippen LogP contribution in [0.3, 0.4) is 0 Å². The molecule has 1 aromatic rings. The maximum absolute atomic E-state index is 12.2. The number of aryl methyl sites for hydroxylation is 1. The van der Waals surface area contributed by atoms with Gasteiger partial charge in [-0.2, -0.15) is 16.9 Å². The smallest absolute Gasteiger partial charge is 0.346 e. The van der Waals surface area contributed by atoms with E-state index in [1.165, 1.54) is 4.68 Å². The van der Waals surface area contributed by atoms with Crippen molar-refractivity contribution in [3.63, 3.8) is 0 Å². The minimum atomic E-state index is -0.181. The molecule has 6 nitrogen and oxygen atoms in total. The van der Waals surface area contributed by atoms with E-state index >= 15 is 0 Å². The molecule has 0 saturated carbocycles. The van der Waals surface area contributed by atoms with Gasteiger partial charge in [-0.15, -0.1) is 0 Å². The molecule has 7 heteroatoms. The topological polar surface area (TPSA) is 68.9 Å². The number of carbonyl (C=O) groups is 1. The van der Waals surface area contributed by atoms with Crippen LogP contribution in [-0.4, -0.2) is 37.8 Å². The predicted octanol–water partition coefficient (Wildman–Crippen LogP) is 1.03. The second kappa shape index (κ2) is 7.68. The number of aromatic nitrogens is 3. The molecule has 0 bridgehead atoms. The Morgan fingerprint density at radius 2 is 2.29 bits per heavy atom. The predicted molar refractivity (Wildman–Crippen MR) is 84.6 cm³/mol. The van der Waals surface area contributed by atoms with Crippen LogP contribution in [0.1, 0.15) is 38.9 Å². The molecule has 0 unspecified atom stereocenters. The van der Waals surface area contributed by atoms with Crippen LogP contribution < -0.4 is 11.0 Å². The molecule has 2 heterocycles. The van der Waals surface area contributed by atoms with Crippen LogP contribution in [0, 0.1) is 0 Å². The van der Waals surface area contributed by atoms with Crippen LogP contribution in [-0.2, 0) is 24.3 Å². The lowest BCUT2D eigenvalue weighted by atomic mass is 10.2. The van der Waals surface area contributed by atoms with Crippen LogP contribution in [0.25, 0.3) is 0 Å². The number of thioether (sulfide) groups is 1. The largest absolute Gasteiger partial charge is 0.351 e. The molecule has 2 rings (SSSR count).